The van der Waals surface area contributed by atoms with Gasteiger partial charge in [-0.3, -0.25) is 14.4 Å². The zero-order valence-corrected chi connectivity index (χ0v) is 13.2. The molecule has 0 aliphatic heterocycles. The van der Waals surface area contributed by atoms with Gasteiger partial charge in [-0.2, -0.15) is 5.10 Å². The van der Waals surface area contributed by atoms with E-state index in [9.17, 15) is 14.4 Å². The number of benzene rings is 1. The lowest BCUT2D eigenvalue weighted by atomic mass is 9.94. The van der Waals surface area contributed by atoms with Gasteiger partial charge in [0.1, 0.15) is 0 Å². The summed E-state index contributed by atoms with van der Waals surface area (Å²) in [5, 5.41) is 4.25. The van der Waals surface area contributed by atoms with Crippen molar-refractivity contribution in [2.24, 2.45) is 5.73 Å². The maximum atomic E-state index is 12.2. The summed E-state index contributed by atoms with van der Waals surface area (Å²) in [7, 11) is 1.34. The molecule has 0 saturated carbocycles. The fraction of sp³-hybridized carbons (Fsp3) is 0.294. The van der Waals surface area contributed by atoms with Crippen LogP contribution in [0.5, 0.6) is 0 Å². The fourth-order valence-electron chi connectivity index (χ4n) is 2.90. The van der Waals surface area contributed by atoms with Crippen molar-refractivity contribution in [2.45, 2.75) is 25.7 Å². The Morgan fingerprint density at radius 3 is 2.58 bits per heavy atom. The van der Waals surface area contributed by atoms with Crippen LogP contribution in [-0.2, 0) is 22.4 Å². The van der Waals surface area contributed by atoms with Gasteiger partial charge in [-0.25, -0.2) is 4.68 Å². The minimum atomic E-state index is -0.706. The molecule has 0 radical (unpaired) electrons. The van der Waals surface area contributed by atoms with E-state index in [4.69, 9.17) is 5.73 Å². The average molecular weight is 327 g/mol. The minimum Gasteiger partial charge on any atom is -0.469 e. The molecule has 0 saturated heterocycles. The van der Waals surface area contributed by atoms with E-state index in [2.05, 4.69) is 9.84 Å². The second kappa shape index (κ2) is 6.27. The number of fused-ring (bicyclic) bond motifs is 1. The van der Waals surface area contributed by atoms with E-state index in [0.717, 1.165) is 12.0 Å². The summed E-state index contributed by atoms with van der Waals surface area (Å²) in [5.74, 6) is -1.12. The van der Waals surface area contributed by atoms with Crippen molar-refractivity contribution in [3.8, 4) is 5.69 Å². The third-order valence-corrected chi connectivity index (χ3v) is 4.07. The van der Waals surface area contributed by atoms with Crippen LogP contribution in [0.3, 0.4) is 0 Å². The number of amides is 1. The van der Waals surface area contributed by atoms with Crippen molar-refractivity contribution < 1.29 is 19.1 Å². The molecule has 0 atom stereocenters. The largest absolute Gasteiger partial charge is 0.469 e. The predicted molar refractivity (Wildman–Crippen MR) is 85.1 cm³/mol. The number of ketones is 1. The summed E-state index contributed by atoms with van der Waals surface area (Å²) >= 11 is 0. The summed E-state index contributed by atoms with van der Waals surface area (Å²) in [4.78, 5) is 35.1. The molecule has 1 heterocycles. The zero-order valence-electron chi connectivity index (χ0n) is 13.2. The molecule has 7 nitrogen and oxygen atoms in total. The highest BCUT2D eigenvalue weighted by Crippen LogP contribution is 2.27. The van der Waals surface area contributed by atoms with Gasteiger partial charge in [-0.15, -0.1) is 0 Å². The Bertz CT molecular complexity index is 821. The highest BCUT2D eigenvalue weighted by Gasteiger charge is 2.29. The Hall–Kier alpha value is -2.96. The molecule has 124 valence electrons. The Morgan fingerprint density at radius 1 is 1.25 bits per heavy atom. The standard InChI is InChI=1S/C17H17N3O4/c1-24-14(22)9-10-5-7-11(8-6-10)20-12-3-2-4-13(21)15(12)16(19-20)17(18)23/h5-8H,2-4,9H2,1H3,(H2,18,23). The van der Waals surface area contributed by atoms with E-state index in [0.29, 0.717) is 29.8 Å². The van der Waals surface area contributed by atoms with Crippen LogP contribution in [0.25, 0.3) is 5.69 Å². The predicted octanol–water partition coefficient (Wildman–Crippen LogP) is 1.21. The van der Waals surface area contributed by atoms with E-state index in [1.165, 1.54) is 7.11 Å². The molecule has 1 aliphatic carbocycles. The van der Waals surface area contributed by atoms with Gasteiger partial charge >= 0.3 is 5.97 Å². The molecule has 24 heavy (non-hydrogen) atoms. The summed E-state index contributed by atoms with van der Waals surface area (Å²) in [6.45, 7) is 0. The summed E-state index contributed by atoms with van der Waals surface area (Å²) in [6.07, 6.45) is 1.96. The molecule has 1 aromatic carbocycles. The highest BCUT2D eigenvalue weighted by atomic mass is 16.5. The number of Topliss-reactive ketones (excluding diaryl/α,β-unsaturated/α-hetero) is 1. The van der Waals surface area contributed by atoms with E-state index in [-0.39, 0.29) is 23.9 Å². The molecule has 3 rings (SSSR count). The lowest BCUT2D eigenvalue weighted by Crippen LogP contribution is -2.18. The topological polar surface area (TPSA) is 104 Å². The van der Waals surface area contributed by atoms with E-state index in [1.54, 1.807) is 28.9 Å². The third-order valence-electron chi connectivity index (χ3n) is 4.07. The number of primary amides is 1. The van der Waals surface area contributed by atoms with Gasteiger partial charge in [0.05, 0.1) is 30.5 Å². The van der Waals surface area contributed by atoms with Crippen molar-refractivity contribution in [1.82, 2.24) is 9.78 Å². The summed E-state index contributed by atoms with van der Waals surface area (Å²) < 4.78 is 6.23. The summed E-state index contributed by atoms with van der Waals surface area (Å²) in [6, 6.07) is 7.15. The van der Waals surface area contributed by atoms with Gasteiger partial charge < -0.3 is 10.5 Å². The zero-order chi connectivity index (χ0) is 17.3. The molecule has 2 aromatic rings. The molecule has 1 amide bonds. The Morgan fingerprint density at radius 2 is 1.96 bits per heavy atom. The SMILES string of the molecule is COC(=O)Cc1ccc(-n2nc(C(N)=O)c3c2CCCC3=O)cc1. The quantitative estimate of drug-likeness (QED) is 0.850. The van der Waals surface area contributed by atoms with Crippen molar-refractivity contribution in [3.63, 3.8) is 0 Å². The lowest BCUT2D eigenvalue weighted by molar-refractivity contribution is -0.139. The first-order valence-corrected chi connectivity index (χ1v) is 7.62. The molecule has 0 unspecified atom stereocenters. The van der Waals surface area contributed by atoms with E-state index < -0.39 is 5.91 Å². The van der Waals surface area contributed by atoms with E-state index >= 15 is 0 Å². The van der Waals surface area contributed by atoms with Crippen molar-refractivity contribution >= 4 is 17.7 Å². The first-order chi connectivity index (χ1) is 11.5. The van der Waals surface area contributed by atoms with Crippen LogP contribution in [0.4, 0.5) is 0 Å². The number of aromatic nitrogens is 2. The Labute approximate surface area is 138 Å². The van der Waals surface area contributed by atoms with Crippen LogP contribution < -0.4 is 5.73 Å². The number of nitrogens with zero attached hydrogens (tertiary/aromatic N) is 2. The van der Waals surface area contributed by atoms with Gasteiger partial charge in [0.15, 0.2) is 11.5 Å². The van der Waals surface area contributed by atoms with Gasteiger partial charge in [-0.1, -0.05) is 12.1 Å². The summed E-state index contributed by atoms with van der Waals surface area (Å²) in [5.41, 5.74) is 7.95. The van der Waals surface area contributed by atoms with Gasteiger partial charge in [0.2, 0.25) is 0 Å². The first-order valence-electron chi connectivity index (χ1n) is 7.62. The number of carbonyl (C=O) groups excluding carboxylic acids is 3. The van der Waals surface area contributed by atoms with E-state index in [1.807, 2.05) is 0 Å². The molecule has 7 heteroatoms. The van der Waals surface area contributed by atoms with Gasteiger partial charge in [0, 0.05) is 6.42 Å². The van der Waals surface area contributed by atoms with Crippen molar-refractivity contribution in [2.75, 3.05) is 7.11 Å². The Kier molecular flexibility index (Phi) is 4.16. The number of hydrogen-bond donors (Lipinski definition) is 1. The number of nitrogens with two attached hydrogens (primary N) is 1. The minimum absolute atomic E-state index is 0.0216. The first kappa shape index (κ1) is 15.9. The number of hydrogen-bond acceptors (Lipinski definition) is 5. The molecule has 1 aromatic heterocycles. The Balaban J connectivity index is 2.01. The van der Waals surface area contributed by atoms with Crippen molar-refractivity contribution in [3.05, 3.63) is 46.8 Å². The normalized spacial score (nSPS) is 13.5. The molecular formula is C17H17N3O4. The molecule has 1 aliphatic rings. The number of ether oxygens (including phenoxy) is 1. The van der Waals surface area contributed by atoms with Gasteiger partial charge in [0.25, 0.3) is 5.91 Å². The lowest BCUT2D eigenvalue weighted by Gasteiger charge is -2.13. The highest BCUT2D eigenvalue weighted by molar-refractivity contribution is 6.08. The van der Waals surface area contributed by atoms with Crippen LogP contribution in [0.1, 0.15) is 44.9 Å². The monoisotopic (exact) mass is 327 g/mol. The van der Waals surface area contributed by atoms with Crippen LogP contribution in [-0.4, -0.2) is 34.6 Å². The molecule has 0 bridgehead atoms. The maximum Gasteiger partial charge on any atom is 0.309 e. The average Bonchev–Trinajstić information content (AvgIpc) is 2.97. The fourth-order valence-corrected chi connectivity index (χ4v) is 2.90. The molecule has 2 N–H and O–H groups in total. The van der Waals surface area contributed by atoms with Gasteiger partial charge in [-0.05, 0) is 30.5 Å². The maximum absolute atomic E-state index is 12.2. The van der Waals surface area contributed by atoms with Crippen LogP contribution in [0, 0.1) is 0 Å². The smallest absolute Gasteiger partial charge is 0.309 e. The number of carbonyl (C=O) groups is 3. The van der Waals surface area contributed by atoms with Crippen LogP contribution >= 0.6 is 0 Å². The molecule has 0 spiro atoms. The van der Waals surface area contributed by atoms with Crippen molar-refractivity contribution in [1.29, 1.82) is 0 Å². The number of rotatable bonds is 4. The van der Waals surface area contributed by atoms with Crippen LogP contribution in [0.15, 0.2) is 24.3 Å². The molecule has 0 fully saturated rings. The second-order valence-electron chi connectivity index (χ2n) is 5.64. The number of methoxy groups -OCH3 is 1. The number of esters is 1. The second-order valence-corrected chi connectivity index (χ2v) is 5.64. The molecular weight excluding hydrogens is 310 g/mol. The third kappa shape index (κ3) is 2.80. The van der Waals surface area contributed by atoms with Crippen LogP contribution in [0.2, 0.25) is 0 Å².